The first kappa shape index (κ1) is 18.5. The minimum atomic E-state index is -1.00. The zero-order chi connectivity index (χ0) is 19.7. The van der Waals surface area contributed by atoms with E-state index in [1.165, 1.54) is 4.57 Å². The monoisotopic (exact) mass is 391 g/mol. The second kappa shape index (κ2) is 7.67. The maximum Gasteiger partial charge on any atom is 0.404 e. The predicted molar refractivity (Wildman–Crippen MR) is 99.8 cm³/mol. The maximum absolute atomic E-state index is 14.4. The normalized spacial score (nSPS) is 17.6. The standard InChI is InChI=1S/C19H22FN3O5/c20-14-11-16(24)23(8-7-22-5-3-12(4-6-22)21-19(25)26)17-13(14)1-2-15-18(17)28-10-9-27-15/h1-2,11-12,21H,3-10H2,(H,25,26). The zero-order valence-corrected chi connectivity index (χ0v) is 15.3. The highest BCUT2D eigenvalue weighted by molar-refractivity contribution is 5.88. The van der Waals surface area contributed by atoms with Gasteiger partial charge >= 0.3 is 6.09 Å². The van der Waals surface area contributed by atoms with Crippen LogP contribution in [0.1, 0.15) is 12.8 Å². The molecule has 0 atom stereocenters. The summed E-state index contributed by atoms with van der Waals surface area (Å²) in [7, 11) is 0. The van der Waals surface area contributed by atoms with E-state index in [-0.39, 0.29) is 6.04 Å². The van der Waals surface area contributed by atoms with Crippen LogP contribution in [-0.4, -0.2) is 59.6 Å². The van der Waals surface area contributed by atoms with Crippen LogP contribution in [0.3, 0.4) is 0 Å². The highest BCUT2D eigenvalue weighted by Gasteiger charge is 2.23. The number of likely N-dealkylation sites (tertiary alicyclic amines) is 1. The molecule has 1 aromatic heterocycles. The number of hydrogen-bond acceptors (Lipinski definition) is 5. The molecule has 1 fully saturated rings. The third-order valence-electron chi connectivity index (χ3n) is 5.28. The first-order chi connectivity index (χ1) is 13.5. The zero-order valence-electron chi connectivity index (χ0n) is 15.3. The van der Waals surface area contributed by atoms with Crippen molar-refractivity contribution >= 4 is 17.0 Å². The van der Waals surface area contributed by atoms with Crippen molar-refractivity contribution in [2.75, 3.05) is 32.8 Å². The Hall–Kier alpha value is -2.81. The molecule has 2 aliphatic rings. The smallest absolute Gasteiger partial charge is 0.404 e. The molecule has 4 rings (SSSR count). The summed E-state index contributed by atoms with van der Waals surface area (Å²) < 4.78 is 27.2. The lowest BCUT2D eigenvalue weighted by molar-refractivity contribution is 0.165. The van der Waals surface area contributed by atoms with Crippen molar-refractivity contribution in [3.63, 3.8) is 0 Å². The Kier molecular flexibility index (Phi) is 5.08. The van der Waals surface area contributed by atoms with Gasteiger partial charge in [0, 0.05) is 43.7 Å². The molecule has 2 N–H and O–H groups in total. The number of carbonyl (C=O) groups is 1. The summed E-state index contributed by atoms with van der Waals surface area (Å²) in [6, 6.07) is 4.23. The number of fused-ring (bicyclic) bond motifs is 3. The number of rotatable bonds is 4. The molecular weight excluding hydrogens is 369 g/mol. The maximum atomic E-state index is 14.4. The average molecular weight is 391 g/mol. The molecule has 0 radical (unpaired) electrons. The molecule has 8 nitrogen and oxygen atoms in total. The van der Waals surface area contributed by atoms with E-state index in [0.29, 0.717) is 48.7 Å². The van der Waals surface area contributed by atoms with Gasteiger partial charge in [-0.1, -0.05) is 0 Å². The number of benzene rings is 1. The van der Waals surface area contributed by atoms with E-state index in [2.05, 4.69) is 10.2 Å². The molecular formula is C19H22FN3O5. The van der Waals surface area contributed by atoms with Gasteiger partial charge in [-0.15, -0.1) is 0 Å². The van der Waals surface area contributed by atoms with Crippen molar-refractivity contribution in [2.45, 2.75) is 25.4 Å². The summed E-state index contributed by atoms with van der Waals surface area (Å²) in [5.74, 6) is 0.344. The SMILES string of the molecule is O=C(O)NC1CCN(CCn2c(=O)cc(F)c3ccc4c(c32)OCCO4)CC1. The Balaban J connectivity index is 1.56. The molecule has 0 spiro atoms. The van der Waals surface area contributed by atoms with Gasteiger partial charge in [0.25, 0.3) is 5.56 Å². The third-order valence-corrected chi connectivity index (χ3v) is 5.28. The van der Waals surface area contributed by atoms with E-state index in [9.17, 15) is 14.0 Å². The Bertz CT molecular complexity index is 953. The van der Waals surface area contributed by atoms with Crippen LogP contribution in [0.25, 0.3) is 10.9 Å². The Morgan fingerprint density at radius 3 is 2.71 bits per heavy atom. The third kappa shape index (κ3) is 3.62. The molecule has 0 aliphatic carbocycles. The van der Waals surface area contributed by atoms with E-state index in [1.807, 2.05) is 0 Å². The Morgan fingerprint density at radius 1 is 1.21 bits per heavy atom. The topological polar surface area (TPSA) is 93.0 Å². The van der Waals surface area contributed by atoms with Crippen LogP contribution in [0, 0.1) is 5.82 Å². The minimum Gasteiger partial charge on any atom is -0.486 e. The first-order valence-corrected chi connectivity index (χ1v) is 9.36. The van der Waals surface area contributed by atoms with E-state index in [0.717, 1.165) is 32.0 Å². The number of pyridine rings is 1. The van der Waals surface area contributed by atoms with Gasteiger partial charge in [-0.25, -0.2) is 9.18 Å². The number of nitrogens with zero attached hydrogens (tertiary/aromatic N) is 2. The largest absolute Gasteiger partial charge is 0.486 e. The summed E-state index contributed by atoms with van der Waals surface area (Å²) in [6.07, 6.45) is 0.435. The molecule has 0 bridgehead atoms. The van der Waals surface area contributed by atoms with Crippen LogP contribution in [0.2, 0.25) is 0 Å². The molecule has 0 saturated carbocycles. The van der Waals surface area contributed by atoms with Crippen molar-refractivity contribution in [1.29, 1.82) is 0 Å². The molecule has 2 aromatic rings. The van der Waals surface area contributed by atoms with E-state index in [1.54, 1.807) is 12.1 Å². The molecule has 3 heterocycles. The fourth-order valence-electron chi connectivity index (χ4n) is 3.88. The molecule has 9 heteroatoms. The molecule has 1 amide bonds. The molecule has 150 valence electrons. The van der Waals surface area contributed by atoms with Crippen molar-refractivity contribution in [3.05, 3.63) is 34.4 Å². The number of amides is 1. The van der Waals surface area contributed by atoms with Crippen molar-refractivity contribution < 1.29 is 23.8 Å². The van der Waals surface area contributed by atoms with Crippen LogP contribution >= 0.6 is 0 Å². The Labute approximate surface area is 160 Å². The molecule has 1 saturated heterocycles. The summed E-state index contributed by atoms with van der Waals surface area (Å²) in [6.45, 7) is 3.21. The van der Waals surface area contributed by atoms with Crippen LogP contribution in [-0.2, 0) is 6.54 Å². The van der Waals surface area contributed by atoms with Crippen LogP contribution < -0.4 is 20.3 Å². The summed E-state index contributed by atoms with van der Waals surface area (Å²) in [4.78, 5) is 25.4. The lowest BCUT2D eigenvalue weighted by Crippen LogP contribution is -2.45. The van der Waals surface area contributed by atoms with Crippen LogP contribution in [0.4, 0.5) is 9.18 Å². The number of carboxylic acid groups (broad SMARTS) is 1. The van der Waals surface area contributed by atoms with Gasteiger partial charge in [-0.3, -0.25) is 4.79 Å². The second-order valence-electron chi connectivity index (χ2n) is 7.03. The molecule has 2 aliphatic heterocycles. The molecule has 0 unspecified atom stereocenters. The Morgan fingerprint density at radius 2 is 1.96 bits per heavy atom. The van der Waals surface area contributed by atoms with Gasteiger partial charge in [0.2, 0.25) is 0 Å². The van der Waals surface area contributed by atoms with Gasteiger partial charge in [-0.2, -0.15) is 0 Å². The minimum absolute atomic E-state index is 0.0410. The number of aromatic nitrogens is 1. The van der Waals surface area contributed by atoms with Gasteiger partial charge in [0.1, 0.15) is 24.5 Å². The number of piperidine rings is 1. The van der Waals surface area contributed by atoms with Gasteiger partial charge in [0.05, 0.1) is 0 Å². The van der Waals surface area contributed by atoms with Crippen molar-refractivity contribution in [1.82, 2.24) is 14.8 Å². The number of halogens is 1. The summed E-state index contributed by atoms with van der Waals surface area (Å²) >= 11 is 0. The highest BCUT2D eigenvalue weighted by Crippen LogP contribution is 2.37. The highest BCUT2D eigenvalue weighted by atomic mass is 19.1. The van der Waals surface area contributed by atoms with Gasteiger partial charge in [0.15, 0.2) is 11.5 Å². The number of ether oxygens (including phenoxy) is 2. The number of hydrogen-bond donors (Lipinski definition) is 2. The average Bonchev–Trinajstić information content (AvgIpc) is 2.68. The van der Waals surface area contributed by atoms with Gasteiger partial charge in [-0.05, 0) is 25.0 Å². The quantitative estimate of drug-likeness (QED) is 0.823. The van der Waals surface area contributed by atoms with E-state index < -0.39 is 17.5 Å². The predicted octanol–water partition coefficient (Wildman–Crippen LogP) is 1.64. The van der Waals surface area contributed by atoms with Crippen LogP contribution in [0.5, 0.6) is 11.5 Å². The first-order valence-electron chi connectivity index (χ1n) is 9.36. The fraction of sp³-hybridized carbons (Fsp3) is 0.474. The molecule has 1 aromatic carbocycles. The fourth-order valence-corrected chi connectivity index (χ4v) is 3.88. The van der Waals surface area contributed by atoms with Crippen molar-refractivity contribution in [3.8, 4) is 11.5 Å². The van der Waals surface area contributed by atoms with E-state index >= 15 is 0 Å². The van der Waals surface area contributed by atoms with Crippen molar-refractivity contribution in [2.24, 2.45) is 0 Å². The summed E-state index contributed by atoms with van der Waals surface area (Å²) in [5, 5.41) is 11.7. The van der Waals surface area contributed by atoms with Crippen LogP contribution in [0.15, 0.2) is 23.0 Å². The lowest BCUT2D eigenvalue weighted by atomic mass is 10.1. The summed E-state index contributed by atoms with van der Waals surface area (Å²) in [5.41, 5.74) is -0.000340. The second-order valence-corrected chi connectivity index (χ2v) is 7.03. The number of nitrogens with one attached hydrogen (secondary N) is 1. The lowest BCUT2D eigenvalue weighted by Gasteiger charge is -2.32. The van der Waals surface area contributed by atoms with E-state index in [4.69, 9.17) is 14.6 Å². The van der Waals surface area contributed by atoms with Gasteiger partial charge < -0.3 is 29.4 Å². The molecule has 28 heavy (non-hydrogen) atoms.